The molecule has 3 N–H and O–H groups in total. The fraction of sp³-hybridized carbons (Fsp3) is 0.455. The van der Waals surface area contributed by atoms with Crippen molar-refractivity contribution in [1.29, 1.82) is 0 Å². The smallest absolute Gasteiger partial charge is 0.0478 e. The maximum Gasteiger partial charge on any atom is 0.0478 e. The minimum Gasteiger partial charge on any atom is -0.396 e. The minimum atomic E-state index is 0.216. The number of hydrogen-bond donors (Lipinski definition) is 2. The van der Waals surface area contributed by atoms with Gasteiger partial charge in [0.2, 0.25) is 0 Å². The van der Waals surface area contributed by atoms with Crippen molar-refractivity contribution in [3.8, 4) is 0 Å². The predicted molar refractivity (Wildman–Crippen MR) is 55.5 cm³/mol. The summed E-state index contributed by atoms with van der Waals surface area (Å²) in [6.45, 7) is 1.85. The number of hydrogen-bond acceptors (Lipinski definition) is 3. The van der Waals surface area contributed by atoms with Gasteiger partial charge < -0.3 is 5.11 Å². The number of nitrogens with zero attached hydrogens (tertiary/aromatic N) is 1. The fourth-order valence-electron chi connectivity index (χ4n) is 2.17. The van der Waals surface area contributed by atoms with Gasteiger partial charge in [0.1, 0.15) is 0 Å². The van der Waals surface area contributed by atoms with Gasteiger partial charge in [-0.3, -0.25) is 5.84 Å². The van der Waals surface area contributed by atoms with Crippen molar-refractivity contribution in [1.82, 2.24) is 5.01 Å². The molecule has 76 valence electrons. The van der Waals surface area contributed by atoms with Crippen LogP contribution in [0.15, 0.2) is 30.3 Å². The molecule has 0 aromatic heterocycles. The molecule has 1 aromatic rings. The Bertz CT molecular complexity index is 289. The quantitative estimate of drug-likeness (QED) is 0.673. The first kappa shape index (κ1) is 9.65. The Morgan fingerprint density at radius 3 is 2.64 bits per heavy atom. The van der Waals surface area contributed by atoms with Crippen LogP contribution in [-0.2, 0) is 0 Å². The van der Waals surface area contributed by atoms with Crippen molar-refractivity contribution in [2.24, 2.45) is 11.8 Å². The van der Waals surface area contributed by atoms with Crippen LogP contribution in [0.2, 0.25) is 0 Å². The first-order chi connectivity index (χ1) is 6.81. The van der Waals surface area contributed by atoms with Crippen LogP contribution in [0.1, 0.15) is 11.5 Å². The van der Waals surface area contributed by atoms with E-state index in [1.54, 1.807) is 5.01 Å². The van der Waals surface area contributed by atoms with E-state index < -0.39 is 0 Å². The van der Waals surface area contributed by atoms with Crippen LogP contribution in [0.4, 0.5) is 0 Å². The van der Waals surface area contributed by atoms with Crippen molar-refractivity contribution >= 4 is 0 Å². The standard InChI is InChI=1S/C11H16N2O/c12-13-6-10(8-14)11(7-13)9-4-2-1-3-5-9/h1-5,10-11,14H,6-8,12H2/t10-,11+/m1/s1. The van der Waals surface area contributed by atoms with Crippen molar-refractivity contribution in [2.45, 2.75) is 5.92 Å². The highest BCUT2D eigenvalue weighted by atomic mass is 16.3. The van der Waals surface area contributed by atoms with Gasteiger partial charge in [-0.25, -0.2) is 5.01 Å². The molecule has 2 atom stereocenters. The van der Waals surface area contributed by atoms with Gasteiger partial charge in [0.05, 0.1) is 0 Å². The maximum atomic E-state index is 9.23. The molecule has 1 fully saturated rings. The minimum absolute atomic E-state index is 0.216. The fourth-order valence-corrected chi connectivity index (χ4v) is 2.17. The number of nitrogens with two attached hydrogens (primary N) is 1. The summed E-state index contributed by atoms with van der Waals surface area (Å²) in [5, 5.41) is 11.0. The highest BCUT2D eigenvalue weighted by molar-refractivity contribution is 5.22. The molecule has 3 nitrogen and oxygen atoms in total. The topological polar surface area (TPSA) is 49.5 Å². The molecule has 0 unspecified atom stereocenters. The zero-order chi connectivity index (χ0) is 9.97. The van der Waals surface area contributed by atoms with Gasteiger partial charge in [-0.1, -0.05) is 30.3 Å². The first-order valence-corrected chi connectivity index (χ1v) is 4.96. The number of rotatable bonds is 2. The molecular weight excluding hydrogens is 176 g/mol. The molecule has 2 rings (SSSR count). The molecular formula is C11H16N2O. The third kappa shape index (κ3) is 1.80. The molecule has 0 amide bonds. The van der Waals surface area contributed by atoms with E-state index in [4.69, 9.17) is 5.84 Å². The lowest BCUT2D eigenvalue weighted by molar-refractivity contribution is 0.216. The van der Waals surface area contributed by atoms with Crippen molar-refractivity contribution in [3.05, 3.63) is 35.9 Å². The number of hydrazine groups is 1. The second-order valence-electron chi connectivity index (χ2n) is 3.91. The molecule has 1 aliphatic rings. The first-order valence-electron chi connectivity index (χ1n) is 4.96. The normalized spacial score (nSPS) is 28.1. The second kappa shape index (κ2) is 4.09. The summed E-state index contributed by atoms with van der Waals surface area (Å²) < 4.78 is 0. The lowest BCUT2D eigenvalue weighted by atomic mass is 9.90. The monoisotopic (exact) mass is 192 g/mol. The second-order valence-corrected chi connectivity index (χ2v) is 3.91. The molecule has 3 heteroatoms. The molecule has 0 aliphatic carbocycles. The van der Waals surface area contributed by atoms with E-state index >= 15 is 0 Å². The summed E-state index contributed by atoms with van der Waals surface area (Å²) >= 11 is 0. The zero-order valence-corrected chi connectivity index (χ0v) is 8.13. The lowest BCUT2D eigenvalue weighted by Crippen LogP contribution is -2.28. The Morgan fingerprint density at radius 2 is 2.00 bits per heavy atom. The molecule has 0 saturated carbocycles. The lowest BCUT2D eigenvalue weighted by Gasteiger charge is -2.15. The van der Waals surface area contributed by atoms with Crippen LogP contribution in [0.5, 0.6) is 0 Å². The van der Waals surface area contributed by atoms with Crippen LogP contribution in [-0.4, -0.2) is 29.8 Å². The van der Waals surface area contributed by atoms with E-state index in [1.165, 1.54) is 5.56 Å². The van der Waals surface area contributed by atoms with Crippen molar-refractivity contribution < 1.29 is 5.11 Å². The summed E-state index contributed by atoms with van der Waals surface area (Å²) in [5.74, 6) is 6.41. The molecule has 1 aromatic carbocycles. The molecule has 1 aliphatic heterocycles. The van der Waals surface area contributed by atoms with E-state index in [2.05, 4.69) is 12.1 Å². The molecule has 0 radical (unpaired) electrons. The van der Waals surface area contributed by atoms with E-state index in [0.717, 1.165) is 13.1 Å². The summed E-state index contributed by atoms with van der Waals surface area (Å²) in [6, 6.07) is 10.3. The summed E-state index contributed by atoms with van der Waals surface area (Å²) in [6.07, 6.45) is 0. The highest BCUT2D eigenvalue weighted by Crippen LogP contribution is 2.30. The van der Waals surface area contributed by atoms with Gasteiger partial charge in [0, 0.05) is 31.5 Å². The van der Waals surface area contributed by atoms with E-state index in [-0.39, 0.29) is 12.5 Å². The number of benzene rings is 1. The molecule has 14 heavy (non-hydrogen) atoms. The predicted octanol–water partition coefficient (Wildman–Crippen LogP) is 0.568. The van der Waals surface area contributed by atoms with E-state index in [1.807, 2.05) is 18.2 Å². The van der Waals surface area contributed by atoms with Gasteiger partial charge in [-0.15, -0.1) is 0 Å². The largest absolute Gasteiger partial charge is 0.396 e. The number of aliphatic hydroxyl groups excluding tert-OH is 1. The summed E-state index contributed by atoms with van der Waals surface area (Å²) in [4.78, 5) is 0. The van der Waals surface area contributed by atoms with Gasteiger partial charge in [-0.05, 0) is 5.56 Å². The zero-order valence-electron chi connectivity index (χ0n) is 8.13. The summed E-state index contributed by atoms with van der Waals surface area (Å²) in [7, 11) is 0. The van der Waals surface area contributed by atoms with Crippen molar-refractivity contribution in [3.63, 3.8) is 0 Å². The SMILES string of the molecule is NN1C[C@H](CO)[C@H](c2ccccc2)C1. The third-order valence-electron chi connectivity index (χ3n) is 2.93. The van der Waals surface area contributed by atoms with Crippen LogP contribution >= 0.6 is 0 Å². The Balaban J connectivity index is 2.18. The average molecular weight is 192 g/mol. The Labute approximate surface area is 84.1 Å². The van der Waals surface area contributed by atoms with Crippen molar-refractivity contribution in [2.75, 3.05) is 19.7 Å². The maximum absolute atomic E-state index is 9.23. The molecule has 1 saturated heterocycles. The highest BCUT2D eigenvalue weighted by Gasteiger charge is 2.31. The van der Waals surface area contributed by atoms with Crippen LogP contribution < -0.4 is 5.84 Å². The van der Waals surface area contributed by atoms with Gasteiger partial charge in [-0.2, -0.15) is 0 Å². The number of aliphatic hydroxyl groups is 1. The van der Waals surface area contributed by atoms with Gasteiger partial charge in [0.25, 0.3) is 0 Å². The van der Waals surface area contributed by atoms with Gasteiger partial charge in [0.15, 0.2) is 0 Å². The molecule has 1 heterocycles. The van der Waals surface area contributed by atoms with E-state index in [0.29, 0.717) is 5.92 Å². The Morgan fingerprint density at radius 1 is 1.29 bits per heavy atom. The Hall–Kier alpha value is -0.900. The van der Waals surface area contributed by atoms with Crippen LogP contribution in [0.25, 0.3) is 0 Å². The Kier molecular flexibility index (Phi) is 2.82. The van der Waals surface area contributed by atoms with E-state index in [9.17, 15) is 5.11 Å². The van der Waals surface area contributed by atoms with Gasteiger partial charge >= 0.3 is 0 Å². The summed E-state index contributed by atoms with van der Waals surface area (Å²) in [5.41, 5.74) is 1.28. The third-order valence-corrected chi connectivity index (χ3v) is 2.93. The molecule has 0 spiro atoms. The molecule has 0 bridgehead atoms. The van der Waals surface area contributed by atoms with Crippen LogP contribution in [0.3, 0.4) is 0 Å². The van der Waals surface area contributed by atoms with Crippen LogP contribution in [0, 0.1) is 5.92 Å². The average Bonchev–Trinajstić information content (AvgIpc) is 2.61.